The maximum absolute atomic E-state index is 12.4. The first kappa shape index (κ1) is 19.6. The minimum absolute atomic E-state index is 0.0143. The molecule has 144 valence electrons. The van der Waals surface area contributed by atoms with Crippen molar-refractivity contribution in [2.45, 2.75) is 31.6 Å². The molecule has 1 fully saturated rings. The van der Waals surface area contributed by atoms with Crippen LogP contribution >= 0.6 is 0 Å². The topological polar surface area (TPSA) is 66.5 Å². The molecule has 1 unspecified atom stereocenters. The third kappa shape index (κ3) is 6.19. The summed E-state index contributed by atoms with van der Waals surface area (Å²) in [7, 11) is -3.37. The number of carbonyl (C=O) groups excluding carboxylic acids is 1. The fourth-order valence-corrected chi connectivity index (χ4v) is 4.58. The van der Waals surface area contributed by atoms with Crippen LogP contribution in [0.2, 0.25) is 0 Å². The van der Waals surface area contributed by atoms with Gasteiger partial charge in [-0.2, -0.15) is 0 Å². The van der Waals surface area contributed by atoms with Crippen LogP contribution in [0.15, 0.2) is 60.7 Å². The van der Waals surface area contributed by atoms with Gasteiger partial charge in [0.1, 0.15) is 0 Å². The number of benzene rings is 2. The van der Waals surface area contributed by atoms with Crippen molar-refractivity contribution in [3.8, 4) is 0 Å². The zero-order chi connectivity index (χ0) is 19.1. The number of amides is 1. The molecule has 2 aromatic carbocycles. The molecule has 5 nitrogen and oxygen atoms in total. The lowest BCUT2D eigenvalue weighted by molar-refractivity contribution is -0.131. The zero-order valence-corrected chi connectivity index (χ0v) is 16.2. The summed E-state index contributed by atoms with van der Waals surface area (Å²) in [5.74, 6) is 0.313. The summed E-state index contributed by atoms with van der Waals surface area (Å²) < 4.78 is 27.3. The SMILES string of the molecule is O=C1CCC(CNS(=O)(=O)Cc2ccccc2)CCN1Cc1ccccc1. The summed E-state index contributed by atoms with van der Waals surface area (Å²) in [6, 6.07) is 19.1. The summed E-state index contributed by atoms with van der Waals surface area (Å²) >= 11 is 0. The standard InChI is InChI=1S/C21H26N2O3S/c24-21-12-11-18(13-14-23(21)16-19-7-3-1-4-8-19)15-22-27(25,26)17-20-9-5-2-6-10-20/h1-10,18,22H,11-17H2. The van der Waals surface area contributed by atoms with E-state index in [4.69, 9.17) is 0 Å². The van der Waals surface area contributed by atoms with Crippen LogP contribution in [0, 0.1) is 5.92 Å². The van der Waals surface area contributed by atoms with Gasteiger partial charge in [0.25, 0.3) is 0 Å². The van der Waals surface area contributed by atoms with Gasteiger partial charge in [0.2, 0.25) is 15.9 Å². The van der Waals surface area contributed by atoms with Crippen LogP contribution in [-0.4, -0.2) is 32.3 Å². The van der Waals surface area contributed by atoms with Crippen LogP contribution in [0.25, 0.3) is 0 Å². The van der Waals surface area contributed by atoms with Crippen molar-refractivity contribution in [2.75, 3.05) is 13.1 Å². The molecule has 1 atom stereocenters. The molecule has 2 aromatic rings. The number of hydrogen-bond acceptors (Lipinski definition) is 3. The molecule has 0 bridgehead atoms. The smallest absolute Gasteiger partial charge is 0.222 e. The van der Waals surface area contributed by atoms with Crippen molar-refractivity contribution in [1.29, 1.82) is 0 Å². The van der Waals surface area contributed by atoms with Crippen molar-refractivity contribution >= 4 is 15.9 Å². The molecule has 1 saturated heterocycles. The Balaban J connectivity index is 1.51. The Labute approximate surface area is 161 Å². The van der Waals surface area contributed by atoms with Crippen LogP contribution < -0.4 is 4.72 Å². The van der Waals surface area contributed by atoms with E-state index < -0.39 is 10.0 Å². The van der Waals surface area contributed by atoms with Crippen molar-refractivity contribution in [2.24, 2.45) is 5.92 Å². The Morgan fingerprint density at radius 3 is 2.22 bits per heavy atom. The van der Waals surface area contributed by atoms with Gasteiger partial charge >= 0.3 is 0 Å². The molecule has 3 rings (SSSR count). The molecule has 27 heavy (non-hydrogen) atoms. The molecule has 1 N–H and O–H groups in total. The molecule has 1 aliphatic heterocycles. The Morgan fingerprint density at radius 2 is 1.56 bits per heavy atom. The number of nitrogens with one attached hydrogen (secondary N) is 1. The molecular weight excluding hydrogens is 360 g/mol. The number of sulfonamides is 1. The van der Waals surface area contributed by atoms with Gasteiger partial charge in [-0.15, -0.1) is 0 Å². The fourth-order valence-electron chi connectivity index (χ4n) is 3.36. The van der Waals surface area contributed by atoms with Crippen LogP contribution in [0.1, 0.15) is 30.4 Å². The van der Waals surface area contributed by atoms with Crippen molar-refractivity contribution in [3.63, 3.8) is 0 Å². The second-order valence-corrected chi connectivity index (χ2v) is 8.89. The zero-order valence-electron chi connectivity index (χ0n) is 15.4. The van der Waals surface area contributed by atoms with E-state index in [9.17, 15) is 13.2 Å². The third-order valence-electron chi connectivity index (χ3n) is 4.93. The van der Waals surface area contributed by atoms with E-state index in [-0.39, 0.29) is 17.6 Å². The van der Waals surface area contributed by atoms with Crippen molar-refractivity contribution in [3.05, 3.63) is 71.8 Å². The third-order valence-corrected chi connectivity index (χ3v) is 6.25. The van der Waals surface area contributed by atoms with E-state index in [2.05, 4.69) is 4.72 Å². The van der Waals surface area contributed by atoms with Gasteiger partial charge in [0.05, 0.1) is 5.75 Å². The Kier molecular flexibility index (Phi) is 6.63. The number of nitrogens with zero attached hydrogens (tertiary/aromatic N) is 1. The predicted octanol–water partition coefficient (Wildman–Crippen LogP) is 2.93. The van der Waals surface area contributed by atoms with E-state index in [1.807, 2.05) is 65.6 Å². The van der Waals surface area contributed by atoms with Gasteiger partial charge in [-0.05, 0) is 29.9 Å². The highest BCUT2D eigenvalue weighted by Crippen LogP contribution is 2.20. The van der Waals surface area contributed by atoms with E-state index >= 15 is 0 Å². The van der Waals surface area contributed by atoms with E-state index in [0.29, 0.717) is 26.1 Å². The summed E-state index contributed by atoms with van der Waals surface area (Å²) in [6.07, 6.45) is 2.00. The molecule has 6 heteroatoms. The number of likely N-dealkylation sites (tertiary alicyclic amines) is 1. The fraction of sp³-hybridized carbons (Fsp3) is 0.381. The Bertz CT molecular complexity index is 838. The summed E-state index contributed by atoms with van der Waals surface area (Å²) in [6.45, 7) is 1.67. The van der Waals surface area contributed by atoms with Gasteiger partial charge < -0.3 is 4.90 Å². The summed E-state index contributed by atoms with van der Waals surface area (Å²) in [5.41, 5.74) is 1.89. The number of carbonyl (C=O) groups is 1. The van der Waals surface area contributed by atoms with Crippen LogP contribution in [0.5, 0.6) is 0 Å². The first-order valence-electron chi connectivity index (χ1n) is 9.35. The van der Waals surface area contributed by atoms with Gasteiger partial charge in [-0.3, -0.25) is 4.79 Å². The highest BCUT2D eigenvalue weighted by Gasteiger charge is 2.23. The van der Waals surface area contributed by atoms with Crippen LogP contribution in [-0.2, 0) is 27.1 Å². The van der Waals surface area contributed by atoms with Gasteiger partial charge in [-0.1, -0.05) is 60.7 Å². The first-order chi connectivity index (χ1) is 13.0. The molecule has 0 radical (unpaired) electrons. The van der Waals surface area contributed by atoms with Crippen LogP contribution in [0.4, 0.5) is 0 Å². The summed E-state index contributed by atoms with van der Waals surface area (Å²) in [5, 5.41) is 0. The molecule has 0 aromatic heterocycles. The quantitative estimate of drug-likeness (QED) is 0.796. The molecule has 0 saturated carbocycles. The van der Waals surface area contributed by atoms with Crippen LogP contribution in [0.3, 0.4) is 0 Å². The second kappa shape index (κ2) is 9.15. The van der Waals surface area contributed by atoms with Gasteiger partial charge in [0, 0.05) is 26.1 Å². The average Bonchev–Trinajstić information content (AvgIpc) is 2.84. The van der Waals surface area contributed by atoms with Gasteiger partial charge in [0.15, 0.2) is 0 Å². The lowest BCUT2D eigenvalue weighted by Crippen LogP contribution is -2.31. The Morgan fingerprint density at radius 1 is 0.926 bits per heavy atom. The monoisotopic (exact) mass is 386 g/mol. The summed E-state index contributed by atoms with van der Waals surface area (Å²) in [4.78, 5) is 14.3. The lowest BCUT2D eigenvalue weighted by atomic mass is 10.0. The average molecular weight is 387 g/mol. The largest absolute Gasteiger partial charge is 0.338 e. The highest BCUT2D eigenvalue weighted by molar-refractivity contribution is 7.88. The minimum atomic E-state index is -3.37. The minimum Gasteiger partial charge on any atom is -0.338 e. The van der Waals surface area contributed by atoms with Crippen molar-refractivity contribution in [1.82, 2.24) is 9.62 Å². The number of hydrogen-bond donors (Lipinski definition) is 1. The first-order valence-corrected chi connectivity index (χ1v) is 11.0. The molecule has 1 amide bonds. The van der Waals surface area contributed by atoms with E-state index in [0.717, 1.165) is 24.0 Å². The second-order valence-electron chi connectivity index (χ2n) is 7.09. The maximum atomic E-state index is 12.4. The van der Waals surface area contributed by atoms with Gasteiger partial charge in [-0.25, -0.2) is 13.1 Å². The van der Waals surface area contributed by atoms with Crippen molar-refractivity contribution < 1.29 is 13.2 Å². The maximum Gasteiger partial charge on any atom is 0.222 e. The normalized spacial score (nSPS) is 18.3. The molecule has 0 spiro atoms. The van der Waals surface area contributed by atoms with E-state index in [1.165, 1.54) is 0 Å². The number of rotatable bonds is 7. The molecule has 0 aliphatic carbocycles. The molecular formula is C21H26N2O3S. The highest BCUT2D eigenvalue weighted by atomic mass is 32.2. The van der Waals surface area contributed by atoms with E-state index in [1.54, 1.807) is 0 Å². The molecule has 1 heterocycles. The Hall–Kier alpha value is -2.18. The lowest BCUT2D eigenvalue weighted by Gasteiger charge is -2.21. The molecule has 1 aliphatic rings. The predicted molar refractivity (Wildman–Crippen MR) is 106 cm³/mol.